The summed E-state index contributed by atoms with van der Waals surface area (Å²) in [6.45, 7) is 5.54. The Morgan fingerprint density at radius 1 is 1.44 bits per heavy atom. The van der Waals surface area contributed by atoms with Crippen molar-refractivity contribution in [2.75, 3.05) is 6.54 Å². The molecule has 100 valence electrons. The summed E-state index contributed by atoms with van der Waals surface area (Å²) in [5.74, 6) is 1.36. The van der Waals surface area contributed by atoms with Gasteiger partial charge in [-0.3, -0.25) is 4.98 Å². The molecule has 18 heavy (non-hydrogen) atoms. The first kappa shape index (κ1) is 13.5. The molecule has 1 aromatic rings. The molecule has 0 amide bonds. The smallest absolute Gasteiger partial charge is 0.141 e. The van der Waals surface area contributed by atoms with Crippen LogP contribution in [-0.2, 0) is 0 Å². The molecule has 1 aromatic heterocycles. The van der Waals surface area contributed by atoms with Crippen LogP contribution in [0.1, 0.15) is 51.3 Å². The van der Waals surface area contributed by atoms with Crippen LogP contribution in [0.4, 0.5) is 4.39 Å². The van der Waals surface area contributed by atoms with Gasteiger partial charge in [0.05, 0.1) is 11.9 Å². The maximum absolute atomic E-state index is 12.9. The number of hydrogen-bond donors (Lipinski definition) is 1. The van der Waals surface area contributed by atoms with Crippen LogP contribution in [0.25, 0.3) is 0 Å². The maximum atomic E-state index is 12.9. The number of aromatic nitrogens is 1. The van der Waals surface area contributed by atoms with Gasteiger partial charge in [-0.1, -0.05) is 26.7 Å². The van der Waals surface area contributed by atoms with E-state index in [1.807, 2.05) is 0 Å². The molecule has 0 radical (unpaired) electrons. The molecular formula is C15H23FN2. The topological polar surface area (TPSA) is 24.9 Å². The van der Waals surface area contributed by atoms with Crippen LogP contribution in [0.15, 0.2) is 18.3 Å². The van der Waals surface area contributed by atoms with Gasteiger partial charge in [-0.05, 0) is 43.4 Å². The van der Waals surface area contributed by atoms with Crippen molar-refractivity contribution in [3.63, 3.8) is 0 Å². The van der Waals surface area contributed by atoms with Gasteiger partial charge < -0.3 is 5.32 Å². The van der Waals surface area contributed by atoms with Crippen LogP contribution >= 0.6 is 0 Å². The van der Waals surface area contributed by atoms with E-state index in [1.54, 1.807) is 6.07 Å². The highest BCUT2D eigenvalue weighted by Gasteiger charge is 2.24. The Morgan fingerprint density at radius 3 is 2.83 bits per heavy atom. The summed E-state index contributed by atoms with van der Waals surface area (Å²) in [5.41, 5.74) is 0.949. The highest BCUT2D eigenvalue weighted by atomic mass is 19.1. The van der Waals surface area contributed by atoms with Crippen molar-refractivity contribution in [3.8, 4) is 0 Å². The predicted octanol–water partition coefficient (Wildman–Crippen LogP) is 3.70. The maximum Gasteiger partial charge on any atom is 0.141 e. The lowest BCUT2D eigenvalue weighted by molar-refractivity contribution is 0.362. The quantitative estimate of drug-likeness (QED) is 0.862. The van der Waals surface area contributed by atoms with E-state index in [9.17, 15) is 4.39 Å². The van der Waals surface area contributed by atoms with Gasteiger partial charge in [0.15, 0.2) is 0 Å². The molecule has 3 unspecified atom stereocenters. The van der Waals surface area contributed by atoms with E-state index in [0.717, 1.165) is 30.5 Å². The van der Waals surface area contributed by atoms with E-state index in [-0.39, 0.29) is 11.9 Å². The zero-order valence-corrected chi connectivity index (χ0v) is 11.3. The zero-order valence-electron chi connectivity index (χ0n) is 11.3. The molecule has 2 rings (SSSR count). The second kappa shape index (κ2) is 6.28. The number of pyridine rings is 1. The SMILES string of the molecule is CCC(NCC1CCCC1C)c1ccc(F)cn1. The fraction of sp³-hybridized carbons (Fsp3) is 0.667. The first-order valence-corrected chi connectivity index (χ1v) is 7.05. The molecule has 1 N–H and O–H groups in total. The van der Waals surface area contributed by atoms with Crippen molar-refractivity contribution >= 4 is 0 Å². The molecule has 1 aliphatic carbocycles. The third kappa shape index (κ3) is 3.29. The molecule has 0 spiro atoms. The summed E-state index contributed by atoms with van der Waals surface area (Å²) >= 11 is 0. The number of nitrogens with zero attached hydrogens (tertiary/aromatic N) is 1. The number of hydrogen-bond acceptors (Lipinski definition) is 2. The zero-order chi connectivity index (χ0) is 13.0. The third-order valence-corrected chi connectivity index (χ3v) is 4.18. The van der Waals surface area contributed by atoms with Crippen molar-refractivity contribution in [2.45, 2.75) is 45.6 Å². The lowest BCUT2D eigenvalue weighted by Gasteiger charge is -2.21. The first-order chi connectivity index (χ1) is 8.70. The Hall–Kier alpha value is -0.960. The molecule has 1 heterocycles. The van der Waals surface area contributed by atoms with E-state index < -0.39 is 0 Å². The molecule has 1 aliphatic rings. The average Bonchev–Trinajstić information content (AvgIpc) is 2.78. The van der Waals surface area contributed by atoms with Crippen LogP contribution in [0.5, 0.6) is 0 Å². The number of nitrogens with one attached hydrogen (secondary N) is 1. The third-order valence-electron chi connectivity index (χ3n) is 4.18. The second-order valence-electron chi connectivity index (χ2n) is 5.44. The van der Waals surface area contributed by atoms with E-state index in [0.29, 0.717) is 0 Å². The summed E-state index contributed by atoms with van der Waals surface area (Å²) in [6, 6.07) is 3.53. The Morgan fingerprint density at radius 2 is 2.28 bits per heavy atom. The molecule has 0 saturated heterocycles. The van der Waals surface area contributed by atoms with E-state index in [2.05, 4.69) is 24.1 Å². The van der Waals surface area contributed by atoms with Gasteiger partial charge >= 0.3 is 0 Å². The number of rotatable bonds is 5. The molecule has 3 heteroatoms. The summed E-state index contributed by atoms with van der Waals surface area (Å²) in [7, 11) is 0. The Bertz CT molecular complexity index is 363. The number of halogens is 1. The molecular weight excluding hydrogens is 227 g/mol. The van der Waals surface area contributed by atoms with E-state index in [4.69, 9.17) is 0 Å². The van der Waals surface area contributed by atoms with Gasteiger partial charge in [-0.15, -0.1) is 0 Å². The van der Waals surface area contributed by atoms with E-state index in [1.165, 1.54) is 31.5 Å². The summed E-state index contributed by atoms with van der Waals surface area (Å²) in [4.78, 5) is 4.18. The lowest BCUT2D eigenvalue weighted by atomic mass is 9.97. The van der Waals surface area contributed by atoms with Gasteiger partial charge in [0.25, 0.3) is 0 Å². The molecule has 1 saturated carbocycles. The molecule has 2 nitrogen and oxygen atoms in total. The molecule has 0 bridgehead atoms. The standard InChI is InChI=1S/C15H23FN2/c1-3-14(15-8-7-13(16)10-18-15)17-9-12-6-4-5-11(12)2/h7-8,10-12,14,17H,3-6,9H2,1-2H3. The first-order valence-electron chi connectivity index (χ1n) is 7.05. The molecule has 3 atom stereocenters. The minimum absolute atomic E-state index is 0.249. The second-order valence-corrected chi connectivity index (χ2v) is 5.44. The van der Waals surface area contributed by atoms with Gasteiger partial charge in [0.1, 0.15) is 5.82 Å². The fourth-order valence-corrected chi connectivity index (χ4v) is 2.87. The van der Waals surface area contributed by atoms with Gasteiger partial charge in [-0.25, -0.2) is 4.39 Å². The molecule has 0 aromatic carbocycles. The minimum Gasteiger partial charge on any atom is -0.308 e. The van der Waals surface area contributed by atoms with Crippen LogP contribution in [0, 0.1) is 17.7 Å². The van der Waals surface area contributed by atoms with Crippen molar-refractivity contribution in [1.82, 2.24) is 10.3 Å². The van der Waals surface area contributed by atoms with Gasteiger partial charge in [0, 0.05) is 6.04 Å². The normalized spacial score (nSPS) is 25.3. The minimum atomic E-state index is -0.266. The average molecular weight is 250 g/mol. The largest absolute Gasteiger partial charge is 0.308 e. The van der Waals surface area contributed by atoms with Crippen LogP contribution < -0.4 is 5.32 Å². The Kier molecular flexibility index (Phi) is 4.70. The Balaban J connectivity index is 1.91. The molecule has 1 fully saturated rings. The predicted molar refractivity (Wildman–Crippen MR) is 71.7 cm³/mol. The van der Waals surface area contributed by atoms with Crippen LogP contribution in [0.3, 0.4) is 0 Å². The van der Waals surface area contributed by atoms with Crippen molar-refractivity contribution in [1.29, 1.82) is 0 Å². The summed E-state index contributed by atoms with van der Waals surface area (Å²) < 4.78 is 12.9. The van der Waals surface area contributed by atoms with Gasteiger partial charge in [-0.2, -0.15) is 0 Å². The summed E-state index contributed by atoms with van der Waals surface area (Å²) in [6.07, 6.45) is 6.34. The van der Waals surface area contributed by atoms with E-state index >= 15 is 0 Å². The van der Waals surface area contributed by atoms with Crippen molar-refractivity contribution in [3.05, 3.63) is 29.8 Å². The highest BCUT2D eigenvalue weighted by Crippen LogP contribution is 2.31. The van der Waals surface area contributed by atoms with Crippen LogP contribution in [0.2, 0.25) is 0 Å². The summed E-state index contributed by atoms with van der Waals surface area (Å²) in [5, 5.41) is 3.59. The van der Waals surface area contributed by atoms with Crippen LogP contribution in [-0.4, -0.2) is 11.5 Å². The Labute approximate surface area is 109 Å². The lowest BCUT2D eigenvalue weighted by Crippen LogP contribution is -2.28. The monoisotopic (exact) mass is 250 g/mol. The highest BCUT2D eigenvalue weighted by molar-refractivity contribution is 5.09. The van der Waals surface area contributed by atoms with Gasteiger partial charge in [0.2, 0.25) is 0 Å². The molecule has 0 aliphatic heterocycles. The fourth-order valence-electron chi connectivity index (χ4n) is 2.87. The van der Waals surface area contributed by atoms with Crippen molar-refractivity contribution in [2.24, 2.45) is 11.8 Å². The van der Waals surface area contributed by atoms with Crippen molar-refractivity contribution < 1.29 is 4.39 Å².